The van der Waals surface area contributed by atoms with Gasteiger partial charge in [-0.05, 0) is 6.92 Å². The second kappa shape index (κ2) is 16.0. The number of rotatable bonds is 9. The van der Waals surface area contributed by atoms with Gasteiger partial charge in [0, 0.05) is 6.42 Å². The molecule has 0 radical (unpaired) electrons. The average molecular weight is 599 g/mol. The maximum Gasteiger partial charge on any atom is 1.00 e. The molecule has 0 spiro atoms. The first-order valence-corrected chi connectivity index (χ1v) is 12.8. The van der Waals surface area contributed by atoms with Crippen LogP contribution in [0.3, 0.4) is 0 Å². The average Bonchev–Trinajstić information content (AvgIpc) is 2.59. The van der Waals surface area contributed by atoms with E-state index in [-0.39, 0.29) is 88.7 Å². The monoisotopic (exact) mass is 599 g/mol. The molecule has 0 amide bonds. The van der Waals surface area contributed by atoms with Crippen molar-refractivity contribution in [1.82, 2.24) is 4.72 Å². The third-order valence-corrected chi connectivity index (χ3v) is 5.92. The number of aliphatic hydroxyl groups is 2. The summed E-state index contributed by atoms with van der Waals surface area (Å²) >= 11 is 0. The smallest absolute Gasteiger partial charge is 0.735 e. The predicted molar refractivity (Wildman–Crippen MR) is 92.4 cm³/mol. The quantitative estimate of drug-likeness (QED) is 0.126. The first-order chi connectivity index (χ1) is 14.5. The molecule has 0 aromatic rings. The fourth-order valence-electron chi connectivity index (χ4n) is 3.12. The number of ether oxygens (including phenoxy) is 3. The molecule has 2 heterocycles. The van der Waals surface area contributed by atoms with Crippen molar-refractivity contribution in [2.45, 2.75) is 62.3 Å². The van der Waals surface area contributed by atoms with Crippen LogP contribution < -0.4 is 93.4 Å². The Hall–Kier alpha value is 2.41. The summed E-state index contributed by atoms with van der Waals surface area (Å²) in [6, 6.07) is -1.78. The van der Waals surface area contributed by atoms with E-state index in [9.17, 15) is 49.1 Å². The summed E-state index contributed by atoms with van der Waals surface area (Å²) < 4.78 is 123. The van der Waals surface area contributed by atoms with Crippen LogP contribution in [0.5, 0.6) is 0 Å². The van der Waals surface area contributed by atoms with Crippen molar-refractivity contribution < 1.29 is 160 Å². The molecule has 2 aliphatic rings. The summed E-state index contributed by atoms with van der Waals surface area (Å²) in [5, 5.41) is 20.6. The van der Waals surface area contributed by atoms with E-state index in [2.05, 4.69) is 8.37 Å². The van der Waals surface area contributed by atoms with Crippen molar-refractivity contribution >= 4 is 31.1 Å². The van der Waals surface area contributed by atoms with E-state index in [0.717, 1.165) is 0 Å². The summed E-state index contributed by atoms with van der Waals surface area (Å²) in [5.74, 6) is 0. The maximum absolute atomic E-state index is 11.1. The van der Waals surface area contributed by atoms with E-state index in [1.54, 1.807) is 0 Å². The molecule has 0 bridgehead atoms. The van der Waals surface area contributed by atoms with Crippen molar-refractivity contribution in [3.8, 4) is 0 Å². The Morgan fingerprint density at radius 3 is 2.06 bits per heavy atom. The van der Waals surface area contributed by atoms with E-state index < -0.39 is 99.7 Å². The molecule has 0 aliphatic carbocycles. The van der Waals surface area contributed by atoms with Crippen molar-refractivity contribution in [1.29, 1.82) is 0 Å². The zero-order valence-corrected chi connectivity index (χ0v) is 27.5. The summed E-state index contributed by atoms with van der Waals surface area (Å²) in [4.78, 5) is 0. The number of nitrogens with one attached hydrogen (secondary N) is 1. The Labute approximate surface area is 268 Å². The Morgan fingerprint density at radius 1 is 1.00 bits per heavy atom. The molecule has 0 aromatic heterocycles. The van der Waals surface area contributed by atoms with Crippen LogP contribution in [-0.2, 0) is 53.7 Å². The summed E-state index contributed by atoms with van der Waals surface area (Å²) in [6.07, 6.45) is -11.6. The molecule has 0 saturated carbocycles. The normalized spacial score (nSPS) is 34.1. The first-order valence-electron chi connectivity index (χ1n) is 8.71. The minimum Gasteiger partial charge on any atom is -0.735 e. The molecule has 2 aliphatic heterocycles. The first kappa shape index (κ1) is 39.6. The van der Waals surface area contributed by atoms with Gasteiger partial charge in [-0.1, -0.05) is 0 Å². The van der Waals surface area contributed by atoms with Gasteiger partial charge in [-0.25, -0.2) is 30.0 Å². The molecule has 2 fully saturated rings. The SMILES string of the molecule is CC1OCC(OS(=O)(=O)[O-])C(O)C1OC1OC(COS(=O)(=O)[O-])CC(O)C1NS(=O)(=O)[O-].[Na+].[Na+].[Na+]. The number of hydrogen-bond acceptors (Lipinski definition) is 16. The second-order valence-corrected chi connectivity index (χ2v) is 10.1. The Bertz CT molecular complexity index is 966. The van der Waals surface area contributed by atoms with Gasteiger partial charge in [0.05, 0.1) is 37.6 Å². The largest absolute Gasteiger partial charge is 1.00 e. The third-order valence-electron chi connectivity index (χ3n) is 4.45. The molecule has 2 rings (SSSR count). The van der Waals surface area contributed by atoms with Crippen LogP contribution in [0.1, 0.15) is 13.3 Å². The molecule has 23 heteroatoms. The van der Waals surface area contributed by atoms with Crippen LogP contribution in [-0.4, -0.2) is 111 Å². The molecule has 0 aromatic carbocycles. The maximum atomic E-state index is 11.1. The molecule has 35 heavy (non-hydrogen) atoms. The van der Waals surface area contributed by atoms with Gasteiger partial charge < -0.3 is 38.1 Å². The fraction of sp³-hybridized carbons (Fsp3) is 1.00. The number of aliphatic hydroxyl groups excluding tert-OH is 2. The Balaban J connectivity index is 0. The summed E-state index contributed by atoms with van der Waals surface area (Å²) in [6.45, 7) is -0.0995. The van der Waals surface area contributed by atoms with Crippen LogP contribution in [0, 0.1) is 0 Å². The molecule has 3 N–H and O–H groups in total. The molecule has 17 nitrogen and oxygen atoms in total. The zero-order chi connectivity index (χ0) is 24.5. The Morgan fingerprint density at radius 2 is 1.57 bits per heavy atom. The van der Waals surface area contributed by atoms with Gasteiger partial charge in [0.1, 0.15) is 18.3 Å². The van der Waals surface area contributed by atoms with E-state index in [0.29, 0.717) is 0 Å². The van der Waals surface area contributed by atoms with Gasteiger partial charge in [-0.15, -0.1) is 0 Å². The second-order valence-electron chi connectivity index (χ2n) is 6.89. The van der Waals surface area contributed by atoms with Crippen molar-refractivity contribution in [2.75, 3.05) is 13.2 Å². The van der Waals surface area contributed by atoms with Crippen molar-refractivity contribution in [3.63, 3.8) is 0 Å². The van der Waals surface area contributed by atoms with Crippen LogP contribution in [0.4, 0.5) is 0 Å². The topological polar surface area (TPSA) is 270 Å². The predicted octanol–water partition coefficient (Wildman–Crippen LogP) is -13.6. The minimum atomic E-state index is -5.26. The van der Waals surface area contributed by atoms with E-state index in [1.165, 1.54) is 11.6 Å². The van der Waals surface area contributed by atoms with Gasteiger partial charge in [0.2, 0.25) is 20.8 Å². The van der Waals surface area contributed by atoms with Crippen LogP contribution in [0.25, 0.3) is 0 Å². The third kappa shape index (κ3) is 14.0. The van der Waals surface area contributed by atoms with E-state index >= 15 is 0 Å². The fourth-order valence-corrected chi connectivity index (χ4v) is 4.51. The molecule has 2 saturated heterocycles. The standard InChI is InChI=1S/C12H23NO16S3.3Na/c1-5-11(10(15)8(4-25-5)29-32(22,23)24)28-12-9(13-30(16,17)18)7(14)2-6(27-12)3-26-31(19,20)21;;;/h5-15H,2-4H2,1H3,(H,16,17,18)(H,19,20,21)(H,22,23,24);;;/q;3*+1/p-3. The van der Waals surface area contributed by atoms with Crippen LogP contribution in [0.2, 0.25) is 0 Å². The number of hydrogen-bond donors (Lipinski definition) is 3. The van der Waals surface area contributed by atoms with Crippen molar-refractivity contribution in [2.24, 2.45) is 0 Å². The van der Waals surface area contributed by atoms with Gasteiger partial charge in [-0.3, -0.25) is 8.37 Å². The summed E-state index contributed by atoms with van der Waals surface area (Å²) in [5.41, 5.74) is 0. The van der Waals surface area contributed by atoms with E-state index in [4.69, 9.17) is 14.2 Å². The molecular weight excluding hydrogens is 579 g/mol. The molecule has 8 atom stereocenters. The molecule has 190 valence electrons. The van der Waals surface area contributed by atoms with Gasteiger partial charge in [0.25, 0.3) is 0 Å². The minimum absolute atomic E-state index is 0. The van der Waals surface area contributed by atoms with E-state index in [1.807, 2.05) is 0 Å². The van der Waals surface area contributed by atoms with Gasteiger partial charge >= 0.3 is 88.7 Å². The van der Waals surface area contributed by atoms with Gasteiger partial charge in [-0.2, -0.15) is 0 Å². The molecular formula is C12H20NNa3O16S3. The zero-order valence-electron chi connectivity index (χ0n) is 19.1. The van der Waals surface area contributed by atoms with Gasteiger partial charge in [0.15, 0.2) is 16.6 Å². The summed E-state index contributed by atoms with van der Waals surface area (Å²) in [7, 11) is -15.6. The molecule has 8 unspecified atom stereocenters. The van der Waals surface area contributed by atoms with Crippen LogP contribution >= 0.6 is 0 Å². The van der Waals surface area contributed by atoms with Crippen LogP contribution in [0.15, 0.2) is 0 Å². The van der Waals surface area contributed by atoms with Crippen molar-refractivity contribution in [3.05, 3.63) is 0 Å². The Kier molecular flexibility index (Phi) is 18.1.